The molecule has 0 saturated carbocycles. The molecule has 3 heteroatoms. The molecular formula is C18H24N2O. The van der Waals surface area contributed by atoms with Gasteiger partial charge in [-0.2, -0.15) is 0 Å². The van der Waals surface area contributed by atoms with Crippen LogP contribution in [-0.4, -0.2) is 23.6 Å². The maximum Gasteiger partial charge on any atom is 0.0936 e. The van der Waals surface area contributed by atoms with Gasteiger partial charge in [0.25, 0.3) is 0 Å². The first-order valence-electron chi connectivity index (χ1n) is 7.39. The van der Waals surface area contributed by atoms with Gasteiger partial charge < -0.3 is 10.8 Å². The van der Waals surface area contributed by atoms with Crippen molar-refractivity contribution in [3.05, 3.63) is 65.2 Å². The number of rotatable bonds is 6. The fraction of sp³-hybridized carbons (Fsp3) is 0.333. The van der Waals surface area contributed by atoms with Crippen molar-refractivity contribution in [2.75, 3.05) is 19.3 Å². The summed E-state index contributed by atoms with van der Waals surface area (Å²) in [5, 5.41) is 10.3. The van der Waals surface area contributed by atoms with Crippen molar-refractivity contribution in [2.24, 2.45) is 0 Å². The molecule has 2 aromatic carbocycles. The molecule has 0 aliphatic carbocycles. The van der Waals surface area contributed by atoms with Crippen molar-refractivity contribution in [3.63, 3.8) is 0 Å². The quantitative estimate of drug-likeness (QED) is 0.802. The monoisotopic (exact) mass is 284 g/mol. The Morgan fingerprint density at radius 1 is 1.05 bits per heavy atom. The minimum Gasteiger partial charge on any atom is -0.398 e. The van der Waals surface area contributed by atoms with E-state index in [1.165, 1.54) is 11.1 Å². The van der Waals surface area contributed by atoms with Gasteiger partial charge in [-0.1, -0.05) is 49.4 Å². The predicted octanol–water partition coefficient (Wildman–Crippen LogP) is 3.00. The van der Waals surface area contributed by atoms with Gasteiger partial charge in [0.2, 0.25) is 0 Å². The topological polar surface area (TPSA) is 49.5 Å². The van der Waals surface area contributed by atoms with Gasteiger partial charge in [-0.05, 0) is 30.7 Å². The SMILES string of the molecule is CCc1ccc(CN(C)CC(O)c2ccccc2N)cc1. The summed E-state index contributed by atoms with van der Waals surface area (Å²) in [5.41, 5.74) is 9.94. The average Bonchev–Trinajstić information content (AvgIpc) is 2.48. The molecular weight excluding hydrogens is 260 g/mol. The summed E-state index contributed by atoms with van der Waals surface area (Å²) < 4.78 is 0. The third-order valence-electron chi connectivity index (χ3n) is 3.72. The van der Waals surface area contributed by atoms with Crippen LogP contribution >= 0.6 is 0 Å². The van der Waals surface area contributed by atoms with Gasteiger partial charge in [0, 0.05) is 24.3 Å². The van der Waals surface area contributed by atoms with E-state index in [1.807, 2.05) is 31.3 Å². The van der Waals surface area contributed by atoms with Crippen molar-refractivity contribution in [3.8, 4) is 0 Å². The van der Waals surface area contributed by atoms with E-state index in [1.54, 1.807) is 0 Å². The molecule has 0 heterocycles. The van der Waals surface area contributed by atoms with Gasteiger partial charge >= 0.3 is 0 Å². The molecule has 0 spiro atoms. The first kappa shape index (κ1) is 15.5. The minimum absolute atomic E-state index is 0.559. The normalized spacial score (nSPS) is 12.6. The molecule has 2 aromatic rings. The first-order valence-corrected chi connectivity index (χ1v) is 7.39. The molecule has 0 aliphatic heterocycles. The lowest BCUT2D eigenvalue weighted by Crippen LogP contribution is -2.24. The number of nitrogens with zero attached hydrogens (tertiary/aromatic N) is 1. The molecule has 0 amide bonds. The second-order valence-corrected chi connectivity index (χ2v) is 5.51. The van der Waals surface area contributed by atoms with E-state index in [-0.39, 0.29) is 0 Å². The van der Waals surface area contributed by atoms with Crippen molar-refractivity contribution in [1.82, 2.24) is 4.90 Å². The lowest BCUT2D eigenvalue weighted by molar-refractivity contribution is 0.124. The number of benzene rings is 2. The van der Waals surface area contributed by atoms with Gasteiger partial charge in [-0.15, -0.1) is 0 Å². The highest BCUT2D eigenvalue weighted by Crippen LogP contribution is 2.21. The van der Waals surface area contributed by atoms with Crippen molar-refractivity contribution >= 4 is 5.69 Å². The summed E-state index contributed by atoms with van der Waals surface area (Å²) in [5.74, 6) is 0. The van der Waals surface area contributed by atoms with E-state index >= 15 is 0 Å². The largest absolute Gasteiger partial charge is 0.398 e. The summed E-state index contributed by atoms with van der Waals surface area (Å²) in [6.07, 6.45) is 0.494. The Balaban J connectivity index is 1.94. The number of hydrogen-bond acceptors (Lipinski definition) is 3. The molecule has 112 valence electrons. The Morgan fingerprint density at radius 2 is 1.67 bits per heavy atom. The van der Waals surface area contributed by atoms with E-state index < -0.39 is 6.10 Å². The Bertz CT molecular complexity index is 566. The lowest BCUT2D eigenvalue weighted by atomic mass is 10.1. The lowest BCUT2D eigenvalue weighted by Gasteiger charge is -2.21. The smallest absolute Gasteiger partial charge is 0.0936 e. The van der Waals surface area contributed by atoms with E-state index in [2.05, 4.69) is 36.1 Å². The van der Waals surface area contributed by atoms with E-state index in [9.17, 15) is 5.11 Å². The maximum atomic E-state index is 10.3. The number of para-hydroxylation sites is 1. The van der Waals surface area contributed by atoms with Crippen LogP contribution in [0.1, 0.15) is 29.7 Å². The van der Waals surface area contributed by atoms with Gasteiger partial charge in [-0.25, -0.2) is 0 Å². The summed E-state index contributed by atoms with van der Waals surface area (Å²) in [7, 11) is 2.01. The molecule has 0 radical (unpaired) electrons. The Labute approximate surface area is 127 Å². The van der Waals surface area contributed by atoms with Crippen LogP contribution in [-0.2, 0) is 13.0 Å². The van der Waals surface area contributed by atoms with Crippen LogP contribution in [0, 0.1) is 0 Å². The average molecular weight is 284 g/mol. The van der Waals surface area contributed by atoms with Gasteiger partial charge in [0.15, 0.2) is 0 Å². The van der Waals surface area contributed by atoms with E-state index in [0.717, 1.165) is 18.5 Å². The van der Waals surface area contributed by atoms with Crippen molar-refractivity contribution < 1.29 is 5.11 Å². The molecule has 0 aromatic heterocycles. The number of aryl methyl sites for hydroxylation is 1. The predicted molar refractivity (Wildman–Crippen MR) is 88.0 cm³/mol. The highest BCUT2D eigenvalue weighted by Gasteiger charge is 2.13. The van der Waals surface area contributed by atoms with Crippen LogP contribution in [0.4, 0.5) is 5.69 Å². The summed E-state index contributed by atoms with van der Waals surface area (Å²) in [4.78, 5) is 2.11. The fourth-order valence-electron chi connectivity index (χ4n) is 2.46. The molecule has 3 N–H and O–H groups in total. The van der Waals surface area contributed by atoms with Crippen LogP contribution in [0.2, 0.25) is 0 Å². The molecule has 21 heavy (non-hydrogen) atoms. The standard InChI is InChI=1S/C18H24N2O/c1-3-14-8-10-15(11-9-14)12-20(2)13-18(21)16-6-4-5-7-17(16)19/h4-11,18,21H,3,12-13,19H2,1-2H3. The van der Waals surface area contributed by atoms with Crippen molar-refractivity contribution in [2.45, 2.75) is 26.0 Å². The highest BCUT2D eigenvalue weighted by molar-refractivity contribution is 5.47. The van der Waals surface area contributed by atoms with Crippen LogP contribution in [0.15, 0.2) is 48.5 Å². The minimum atomic E-state index is -0.564. The van der Waals surface area contributed by atoms with E-state index in [4.69, 9.17) is 5.73 Å². The van der Waals surface area contributed by atoms with Crippen LogP contribution < -0.4 is 5.73 Å². The zero-order chi connectivity index (χ0) is 15.2. The van der Waals surface area contributed by atoms with Crippen molar-refractivity contribution in [1.29, 1.82) is 0 Å². The zero-order valence-electron chi connectivity index (χ0n) is 12.8. The van der Waals surface area contributed by atoms with Crippen LogP contribution in [0.25, 0.3) is 0 Å². The Hall–Kier alpha value is -1.84. The number of aliphatic hydroxyl groups excluding tert-OH is 1. The van der Waals surface area contributed by atoms with Gasteiger partial charge in [-0.3, -0.25) is 4.90 Å². The van der Waals surface area contributed by atoms with Gasteiger partial charge in [0.05, 0.1) is 6.10 Å². The number of nitrogens with two attached hydrogens (primary N) is 1. The highest BCUT2D eigenvalue weighted by atomic mass is 16.3. The maximum absolute atomic E-state index is 10.3. The molecule has 0 saturated heterocycles. The molecule has 1 unspecified atom stereocenters. The molecule has 0 fully saturated rings. The molecule has 3 nitrogen and oxygen atoms in total. The van der Waals surface area contributed by atoms with Gasteiger partial charge in [0.1, 0.15) is 0 Å². The molecule has 2 rings (SSSR count). The number of aliphatic hydroxyl groups is 1. The zero-order valence-corrected chi connectivity index (χ0v) is 12.8. The second kappa shape index (κ2) is 7.25. The number of anilines is 1. The summed E-state index contributed by atoms with van der Waals surface area (Å²) >= 11 is 0. The molecule has 0 bridgehead atoms. The summed E-state index contributed by atoms with van der Waals surface area (Å²) in [6.45, 7) is 3.53. The third kappa shape index (κ3) is 4.31. The first-order chi connectivity index (χ1) is 10.1. The Morgan fingerprint density at radius 3 is 2.29 bits per heavy atom. The van der Waals surface area contributed by atoms with Crippen LogP contribution in [0.3, 0.4) is 0 Å². The number of nitrogen functional groups attached to an aromatic ring is 1. The molecule has 1 atom stereocenters. The van der Waals surface area contributed by atoms with E-state index in [0.29, 0.717) is 12.2 Å². The van der Waals surface area contributed by atoms with Crippen LogP contribution in [0.5, 0.6) is 0 Å². The number of hydrogen-bond donors (Lipinski definition) is 2. The fourth-order valence-corrected chi connectivity index (χ4v) is 2.46. The Kier molecular flexibility index (Phi) is 5.37. The summed E-state index contributed by atoms with van der Waals surface area (Å²) in [6, 6.07) is 16.1. The second-order valence-electron chi connectivity index (χ2n) is 5.51. The third-order valence-corrected chi connectivity index (χ3v) is 3.72. The molecule has 0 aliphatic rings. The number of likely N-dealkylation sites (N-methyl/N-ethyl adjacent to an activating group) is 1.